The molecule has 2 aromatic carbocycles. The molecule has 7 nitrogen and oxygen atoms in total. The summed E-state index contributed by atoms with van der Waals surface area (Å²) < 4.78 is 0. The Morgan fingerprint density at radius 2 is 1.38 bits per heavy atom. The molecule has 0 saturated carbocycles. The van der Waals surface area contributed by atoms with Crippen molar-refractivity contribution in [3.8, 4) is 0 Å². The van der Waals surface area contributed by atoms with Crippen LogP contribution >= 0.6 is 0 Å². The quantitative estimate of drug-likeness (QED) is 0.421. The average Bonchev–Trinajstić information content (AvgIpc) is 2.68. The lowest BCUT2D eigenvalue weighted by Gasteiger charge is -2.24. The average molecular weight is 356 g/mol. The Morgan fingerprint density at radius 3 is 1.88 bits per heavy atom. The van der Waals surface area contributed by atoms with Crippen molar-refractivity contribution in [2.45, 2.75) is 6.10 Å². The minimum Gasteiger partial charge on any atom is -0.395 e. The van der Waals surface area contributed by atoms with Crippen molar-refractivity contribution < 1.29 is 24.9 Å². The summed E-state index contributed by atoms with van der Waals surface area (Å²) in [6.07, 6.45) is -0.987. The molecule has 5 N–H and O–H groups in total. The van der Waals surface area contributed by atoms with Crippen LogP contribution in [0.25, 0.3) is 0 Å². The molecular weight excluding hydrogens is 336 g/mol. The Kier molecular flexibility index (Phi) is 5.32. The second kappa shape index (κ2) is 7.65. The lowest BCUT2D eigenvalue weighted by atomic mass is 9.82. The van der Waals surface area contributed by atoms with E-state index < -0.39 is 12.7 Å². The Hall–Kier alpha value is -2.74. The topological polar surface area (TPSA) is 119 Å². The molecule has 1 aliphatic rings. The van der Waals surface area contributed by atoms with E-state index in [1.807, 2.05) is 0 Å². The molecule has 3 rings (SSSR count). The first-order valence-electron chi connectivity index (χ1n) is 8.31. The van der Waals surface area contributed by atoms with Gasteiger partial charge in [-0.15, -0.1) is 0 Å². The van der Waals surface area contributed by atoms with Gasteiger partial charge < -0.3 is 26.0 Å². The molecule has 0 amide bonds. The van der Waals surface area contributed by atoms with Crippen LogP contribution in [0, 0.1) is 0 Å². The second-order valence-corrected chi connectivity index (χ2v) is 5.98. The van der Waals surface area contributed by atoms with Crippen molar-refractivity contribution in [2.75, 3.05) is 36.9 Å². The lowest BCUT2D eigenvalue weighted by molar-refractivity contribution is 0.0979. The monoisotopic (exact) mass is 356 g/mol. The van der Waals surface area contributed by atoms with Gasteiger partial charge in [-0.3, -0.25) is 9.59 Å². The zero-order chi connectivity index (χ0) is 18.7. The molecule has 0 bridgehead atoms. The molecule has 1 atom stereocenters. The zero-order valence-electron chi connectivity index (χ0n) is 14.0. The molecule has 0 spiro atoms. The number of anilines is 2. The van der Waals surface area contributed by atoms with Gasteiger partial charge in [0, 0.05) is 35.6 Å². The molecule has 0 aromatic heterocycles. The van der Waals surface area contributed by atoms with Gasteiger partial charge in [-0.2, -0.15) is 0 Å². The van der Waals surface area contributed by atoms with Crippen LogP contribution in [0.15, 0.2) is 36.4 Å². The SMILES string of the molecule is O=C1c2ccccc2C(=O)c2c(NCC(O)CO)ccc(NCCO)c21. The Bertz CT molecular complexity index is 850. The molecule has 0 radical (unpaired) electrons. The van der Waals surface area contributed by atoms with E-state index in [1.54, 1.807) is 36.4 Å². The standard InChI is InChI=1S/C19H20N2O5/c22-8-7-20-14-5-6-15(21-9-11(24)10-23)17-16(14)18(25)12-3-1-2-4-13(12)19(17)26/h1-6,11,20-24H,7-10H2. The number of nitrogens with one attached hydrogen (secondary N) is 2. The van der Waals surface area contributed by atoms with Crippen molar-refractivity contribution in [3.05, 3.63) is 58.7 Å². The first-order chi connectivity index (χ1) is 12.6. The van der Waals surface area contributed by atoms with Crippen LogP contribution in [-0.4, -0.2) is 59.3 Å². The Balaban J connectivity index is 2.11. The number of hydrogen-bond acceptors (Lipinski definition) is 7. The van der Waals surface area contributed by atoms with Gasteiger partial charge in [-0.25, -0.2) is 0 Å². The number of aliphatic hydroxyl groups excluding tert-OH is 3. The van der Waals surface area contributed by atoms with E-state index in [0.29, 0.717) is 22.5 Å². The van der Waals surface area contributed by atoms with Crippen LogP contribution in [-0.2, 0) is 0 Å². The zero-order valence-corrected chi connectivity index (χ0v) is 14.0. The third-order valence-electron chi connectivity index (χ3n) is 4.24. The summed E-state index contributed by atoms with van der Waals surface area (Å²) in [4.78, 5) is 26.0. The molecule has 136 valence electrons. The summed E-state index contributed by atoms with van der Waals surface area (Å²) in [5.74, 6) is -0.564. The van der Waals surface area contributed by atoms with Crippen molar-refractivity contribution in [2.24, 2.45) is 0 Å². The predicted octanol–water partition coefficient (Wildman–Crippen LogP) is 0.631. The van der Waals surface area contributed by atoms with Gasteiger partial charge in [0.1, 0.15) is 0 Å². The van der Waals surface area contributed by atoms with Crippen LogP contribution in [0.3, 0.4) is 0 Å². The minimum absolute atomic E-state index is 0.0372. The van der Waals surface area contributed by atoms with Crippen LogP contribution in [0.4, 0.5) is 11.4 Å². The number of carbonyl (C=O) groups excluding carboxylic acids is 2. The number of carbonyl (C=O) groups is 2. The minimum atomic E-state index is -0.987. The molecule has 1 unspecified atom stereocenters. The molecule has 2 aromatic rings. The van der Waals surface area contributed by atoms with Gasteiger partial charge in [0.15, 0.2) is 11.6 Å². The van der Waals surface area contributed by atoms with Crippen molar-refractivity contribution in [1.29, 1.82) is 0 Å². The van der Waals surface area contributed by atoms with E-state index in [0.717, 1.165) is 0 Å². The molecule has 1 aliphatic carbocycles. The van der Waals surface area contributed by atoms with Crippen molar-refractivity contribution >= 4 is 22.9 Å². The normalized spacial score (nSPS) is 13.8. The number of benzene rings is 2. The number of aliphatic hydroxyl groups is 3. The van der Waals surface area contributed by atoms with Crippen molar-refractivity contribution in [1.82, 2.24) is 0 Å². The summed E-state index contributed by atoms with van der Waals surface area (Å²) in [5.41, 5.74) is 2.01. The highest BCUT2D eigenvalue weighted by Gasteiger charge is 2.33. The molecule has 0 heterocycles. The fraction of sp³-hybridized carbons (Fsp3) is 0.263. The van der Waals surface area contributed by atoms with E-state index in [1.165, 1.54) is 0 Å². The first-order valence-corrected chi connectivity index (χ1v) is 8.31. The predicted molar refractivity (Wildman–Crippen MR) is 96.9 cm³/mol. The second-order valence-electron chi connectivity index (χ2n) is 5.98. The van der Waals surface area contributed by atoms with Crippen LogP contribution < -0.4 is 10.6 Å². The van der Waals surface area contributed by atoms with E-state index >= 15 is 0 Å². The van der Waals surface area contributed by atoms with Crippen LogP contribution in [0.2, 0.25) is 0 Å². The first kappa shape index (κ1) is 18.1. The van der Waals surface area contributed by atoms with E-state index in [4.69, 9.17) is 10.2 Å². The fourth-order valence-corrected chi connectivity index (χ4v) is 3.00. The summed E-state index contributed by atoms with van der Waals surface area (Å²) in [7, 11) is 0. The van der Waals surface area contributed by atoms with E-state index in [9.17, 15) is 14.7 Å². The van der Waals surface area contributed by atoms with Gasteiger partial charge >= 0.3 is 0 Å². The summed E-state index contributed by atoms with van der Waals surface area (Å²) >= 11 is 0. The molecule has 26 heavy (non-hydrogen) atoms. The fourth-order valence-electron chi connectivity index (χ4n) is 3.00. The number of rotatable bonds is 7. The summed E-state index contributed by atoms with van der Waals surface area (Å²) in [6, 6.07) is 9.92. The largest absolute Gasteiger partial charge is 0.395 e. The third-order valence-corrected chi connectivity index (χ3v) is 4.24. The maximum atomic E-state index is 13.0. The third kappa shape index (κ3) is 3.20. The van der Waals surface area contributed by atoms with E-state index in [2.05, 4.69) is 10.6 Å². The Labute approximate surface area is 150 Å². The van der Waals surface area contributed by atoms with Crippen LogP contribution in [0.1, 0.15) is 31.8 Å². The highest BCUT2D eigenvalue weighted by molar-refractivity contribution is 6.31. The maximum absolute atomic E-state index is 13.0. The lowest BCUT2D eigenvalue weighted by Crippen LogP contribution is -2.27. The number of fused-ring (bicyclic) bond motifs is 2. The van der Waals surface area contributed by atoms with E-state index in [-0.39, 0.29) is 42.4 Å². The summed E-state index contributed by atoms with van der Waals surface area (Å²) in [6.45, 7) is -0.252. The van der Waals surface area contributed by atoms with Gasteiger partial charge in [-0.05, 0) is 12.1 Å². The van der Waals surface area contributed by atoms with Crippen LogP contribution in [0.5, 0.6) is 0 Å². The van der Waals surface area contributed by atoms with Gasteiger partial charge in [0.25, 0.3) is 0 Å². The van der Waals surface area contributed by atoms with Gasteiger partial charge in [-0.1, -0.05) is 24.3 Å². The number of hydrogen-bond donors (Lipinski definition) is 5. The summed E-state index contributed by atoms with van der Waals surface area (Å²) in [5, 5.41) is 33.5. The van der Waals surface area contributed by atoms with Gasteiger partial charge in [0.2, 0.25) is 0 Å². The van der Waals surface area contributed by atoms with Crippen molar-refractivity contribution in [3.63, 3.8) is 0 Å². The molecule has 0 saturated heterocycles. The molecule has 0 fully saturated rings. The molecule has 0 aliphatic heterocycles. The smallest absolute Gasteiger partial charge is 0.196 e. The molecule has 7 heteroatoms. The highest BCUT2D eigenvalue weighted by atomic mass is 16.3. The van der Waals surface area contributed by atoms with Gasteiger partial charge in [0.05, 0.1) is 30.4 Å². The Morgan fingerprint density at radius 1 is 0.846 bits per heavy atom. The number of ketones is 2. The highest BCUT2D eigenvalue weighted by Crippen LogP contribution is 2.36. The molecular formula is C19H20N2O5. The maximum Gasteiger partial charge on any atom is 0.196 e.